The summed E-state index contributed by atoms with van der Waals surface area (Å²) in [4.78, 5) is 10.9. The summed E-state index contributed by atoms with van der Waals surface area (Å²) >= 11 is 5.06. The molecule has 4 heteroatoms. The van der Waals surface area contributed by atoms with Crippen LogP contribution in [-0.4, -0.2) is 15.0 Å². The molecule has 0 spiro atoms. The molecule has 1 aliphatic carbocycles. The van der Waals surface area contributed by atoms with E-state index in [-0.39, 0.29) is 0 Å². The van der Waals surface area contributed by atoms with E-state index < -0.39 is 0 Å². The van der Waals surface area contributed by atoms with E-state index in [2.05, 4.69) is 34.0 Å². The lowest BCUT2D eigenvalue weighted by atomic mass is 9.84. The SMILES string of the molecule is Cc1ccc2c(n1)C[C@H](Cc1c[nH]c(=S)[nH]1)CC2. The molecule has 2 aromatic heterocycles. The van der Waals surface area contributed by atoms with Crippen molar-refractivity contribution in [3.05, 3.63) is 45.7 Å². The van der Waals surface area contributed by atoms with Gasteiger partial charge in [-0.2, -0.15) is 0 Å². The Hall–Kier alpha value is -1.42. The van der Waals surface area contributed by atoms with Gasteiger partial charge in [0.25, 0.3) is 0 Å². The van der Waals surface area contributed by atoms with Crippen LogP contribution < -0.4 is 0 Å². The molecule has 0 amide bonds. The quantitative estimate of drug-likeness (QED) is 0.814. The first-order valence-electron chi connectivity index (χ1n) is 6.42. The maximum atomic E-state index is 5.06. The molecular formula is C14H17N3S. The normalized spacial score (nSPS) is 18.6. The molecule has 0 aromatic carbocycles. The number of aryl methyl sites for hydroxylation is 2. The number of aromatic amines is 2. The molecule has 3 nitrogen and oxygen atoms in total. The van der Waals surface area contributed by atoms with Crippen LogP contribution >= 0.6 is 12.2 Å². The fourth-order valence-corrected chi connectivity index (χ4v) is 2.93. The molecule has 1 aliphatic rings. The molecule has 0 fully saturated rings. The highest BCUT2D eigenvalue weighted by molar-refractivity contribution is 7.71. The van der Waals surface area contributed by atoms with Crippen LogP contribution in [0.25, 0.3) is 0 Å². The largest absolute Gasteiger partial charge is 0.337 e. The third-order valence-corrected chi connectivity index (χ3v) is 3.89. The van der Waals surface area contributed by atoms with Crippen molar-refractivity contribution in [1.29, 1.82) is 0 Å². The van der Waals surface area contributed by atoms with E-state index in [1.54, 1.807) is 0 Å². The first-order chi connectivity index (χ1) is 8.70. The third kappa shape index (κ3) is 2.38. The van der Waals surface area contributed by atoms with Gasteiger partial charge >= 0.3 is 0 Å². The van der Waals surface area contributed by atoms with E-state index in [0.29, 0.717) is 5.92 Å². The molecule has 0 aliphatic heterocycles. The Kier molecular flexibility index (Phi) is 3.04. The van der Waals surface area contributed by atoms with Crippen molar-refractivity contribution in [2.24, 2.45) is 5.92 Å². The lowest BCUT2D eigenvalue weighted by molar-refractivity contribution is 0.444. The van der Waals surface area contributed by atoms with Gasteiger partial charge in [-0.25, -0.2) is 0 Å². The van der Waals surface area contributed by atoms with Gasteiger partial charge in [0, 0.05) is 23.3 Å². The van der Waals surface area contributed by atoms with Crippen LogP contribution in [0.3, 0.4) is 0 Å². The molecule has 0 radical (unpaired) electrons. The van der Waals surface area contributed by atoms with Gasteiger partial charge in [-0.1, -0.05) is 6.07 Å². The first-order valence-corrected chi connectivity index (χ1v) is 6.83. The summed E-state index contributed by atoms with van der Waals surface area (Å²) < 4.78 is 0.718. The molecule has 2 aromatic rings. The molecule has 3 rings (SSSR count). The molecule has 2 heterocycles. The van der Waals surface area contributed by atoms with Crippen LogP contribution in [-0.2, 0) is 19.3 Å². The van der Waals surface area contributed by atoms with Gasteiger partial charge in [-0.3, -0.25) is 4.98 Å². The molecule has 0 saturated carbocycles. The number of aromatic nitrogens is 3. The Morgan fingerprint density at radius 1 is 1.44 bits per heavy atom. The van der Waals surface area contributed by atoms with Crippen molar-refractivity contribution >= 4 is 12.2 Å². The van der Waals surface area contributed by atoms with Crippen LogP contribution in [0.2, 0.25) is 0 Å². The molecule has 18 heavy (non-hydrogen) atoms. The Labute approximate surface area is 112 Å². The summed E-state index contributed by atoms with van der Waals surface area (Å²) in [7, 11) is 0. The molecule has 1 atom stereocenters. The summed E-state index contributed by atoms with van der Waals surface area (Å²) in [5.41, 5.74) is 5.05. The standard InChI is InChI=1S/C14H17N3S/c1-9-2-4-11-5-3-10(7-13(11)16-9)6-12-8-15-14(18)17-12/h2,4,8,10H,3,5-7H2,1H3,(H2,15,17,18)/t10-/m0/s1. The molecule has 0 bridgehead atoms. The minimum Gasteiger partial charge on any atom is -0.337 e. The zero-order valence-electron chi connectivity index (χ0n) is 10.5. The zero-order chi connectivity index (χ0) is 12.5. The predicted octanol–water partition coefficient (Wildman–Crippen LogP) is 3.12. The predicted molar refractivity (Wildman–Crippen MR) is 74.2 cm³/mol. The van der Waals surface area contributed by atoms with Gasteiger partial charge in [-0.05, 0) is 62.4 Å². The van der Waals surface area contributed by atoms with Gasteiger partial charge in [0.2, 0.25) is 0 Å². The summed E-state index contributed by atoms with van der Waals surface area (Å²) in [6.45, 7) is 2.06. The first kappa shape index (κ1) is 11.7. The van der Waals surface area contributed by atoms with E-state index in [0.717, 1.165) is 29.7 Å². The molecule has 2 N–H and O–H groups in total. The van der Waals surface area contributed by atoms with Crippen LogP contribution in [0, 0.1) is 17.6 Å². The number of nitrogens with one attached hydrogen (secondary N) is 2. The van der Waals surface area contributed by atoms with Gasteiger partial charge in [0.05, 0.1) is 0 Å². The average molecular weight is 259 g/mol. The minimum atomic E-state index is 0.674. The average Bonchev–Trinajstić information content (AvgIpc) is 2.74. The van der Waals surface area contributed by atoms with E-state index >= 15 is 0 Å². The van der Waals surface area contributed by atoms with Crippen molar-refractivity contribution in [1.82, 2.24) is 15.0 Å². The second-order valence-electron chi connectivity index (χ2n) is 5.14. The summed E-state index contributed by atoms with van der Waals surface area (Å²) in [6, 6.07) is 4.35. The smallest absolute Gasteiger partial charge is 0.174 e. The van der Waals surface area contributed by atoms with Crippen molar-refractivity contribution in [2.75, 3.05) is 0 Å². The second-order valence-corrected chi connectivity index (χ2v) is 5.55. The van der Waals surface area contributed by atoms with Crippen LogP contribution in [0.4, 0.5) is 0 Å². The van der Waals surface area contributed by atoms with Gasteiger partial charge in [0.15, 0.2) is 4.77 Å². The van der Waals surface area contributed by atoms with E-state index in [9.17, 15) is 0 Å². The van der Waals surface area contributed by atoms with Crippen LogP contribution in [0.5, 0.6) is 0 Å². The molecular weight excluding hydrogens is 242 g/mol. The topological polar surface area (TPSA) is 44.5 Å². The highest BCUT2D eigenvalue weighted by atomic mass is 32.1. The number of hydrogen-bond acceptors (Lipinski definition) is 2. The van der Waals surface area contributed by atoms with Crippen molar-refractivity contribution in [2.45, 2.75) is 32.6 Å². The Balaban J connectivity index is 1.76. The number of nitrogens with zero attached hydrogens (tertiary/aromatic N) is 1. The van der Waals surface area contributed by atoms with Gasteiger partial charge < -0.3 is 9.97 Å². The third-order valence-electron chi connectivity index (χ3n) is 3.67. The molecule has 0 saturated heterocycles. The molecule has 94 valence electrons. The number of hydrogen-bond donors (Lipinski definition) is 2. The lowest BCUT2D eigenvalue weighted by Gasteiger charge is -2.23. The fourth-order valence-electron chi connectivity index (χ4n) is 2.74. The Morgan fingerprint density at radius 3 is 3.11 bits per heavy atom. The summed E-state index contributed by atoms with van der Waals surface area (Å²) in [5.74, 6) is 0.674. The number of rotatable bonds is 2. The fraction of sp³-hybridized carbons (Fsp3) is 0.429. The monoisotopic (exact) mass is 259 g/mol. The van der Waals surface area contributed by atoms with Gasteiger partial charge in [0.1, 0.15) is 0 Å². The van der Waals surface area contributed by atoms with Crippen molar-refractivity contribution in [3.8, 4) is 0 Å². The number of pyridine rings is 1. The van der Waals surface area contributed by atoms with Crippen molar-refractivity contribution < 1.29 is 0 Å². The molecule has 0 unspecified atom stereocenters. The highest BCUT2D eigenvalue weighted by Crippen LogP contribution is 2.26. The van der Waals surface area contributed by atoms with Crippen LogP contribution in [0.15, 0.2) is 18.3 Å². The minimum absolute atomic E-state index is 0.674. The Morgan fingerprint density at radius 2 is 2.33 bits per heavy atom. The number of H-pyrrole nitrogens is 2. The van der Waals surface area contributed by atoms with Crippen molar-refractivity contribution in [3.63, 3.8) is 0 Å². The highest BCUT2D eigenvalue weighted by Gasteiger charge is 2.20. The second kappa shape index (κ2) is 4.69. The maximum absolute atomic E-state index is 5.06. The summed E-state index contributed by atoms with van der Waals surface area (Å²) in [6.07, 6.45) is 6.52. The lowest BCUT2D eigenvalue weighted by Crippen LogP contribution is -2.18. The van der Waals surface area contributed by atoms with E-state index in [1.165, 1.54) is 23.4 Å². The maximum Gasteiger partial charge on any atom is 0.174 e. The van der Waals surface area contributed by atoms with E-state index in [4.69, 9.17) is 12.2 Å². The van der Waals surface area contributed by atoms with Gasteiger partial charge in [-0.15, -0.1) is 0 Å². The summed E-state index contributed by atoms with van der Waals surface area (Å²) in [5, 5.41) is 0. The number of fused-ring (bicyclic) bond motifs is 1. The van der Waals surface area contributed by atoms with E-state index in [1.807, 2.05) is 6.20 Å². The Bertz CT molecular complexity index is 611. The van der Waals surface area contributed by atoms with Crippen LogP contribution in [0.1, 0.15) is 29.1 Å². The zero-order valence-corrected chi connectivity index (χ0v) is 11.3. The number of imidazole rings is 1.